The Morgan fingerprint density at radius 2 is 1.31 bits per heavy atom. The second kappa shape index (κ2) is 5.65. The first-order chi connectivity index (χ1) is 5.89. The monoisotopic (exact) mass is 246 g/mol. The highest BCUT2D eigenvalue weighted by Crippen LogP contribution is 2.31. The molecule has 0 aromatic carbocycles. The third kappa shape index (κ3) is 5.31. The van der Waals surface area contributed by atoms with Crippen LogP contribution in [0.5, 0.6) is 0 Å². The Kier molecular flexibility index (Phi) is 6.01. The van der Waals surface area contributed by atoms with Crippen LogP contribution in [-0.4, -0.2) is 34.5 Å². The van der Waals surface area contributed by atoms with E-state index in [1.54, 1.807) is 0 Å². The fraction of sp³-hybridized carbons (Fsp3) is 1.00. The normalized spacial score (nSPS) is 13.4. The first-order valence-corrected chi connectivity index (χ1v) is 5.94. The molecule has 0 saturated carbocycles. The Morgan fingerprint density at radius 3 is 1.54 bits per heavy atom. The fourth-order valence-electron chi connectivity index (χ4n) is 1.51. The zero-order valence-corrected chi connectivity index (χ0v) is 10.9. The molecule has 0 N–H and O–H groups in total. The van der Waals surface area contributed by atoms with Crippen molar-refractivity contribution in [1.29, 1.82) is 0 Å². The summed E-state index contributed by atoms with van der Waals surface area (Å²) in [6.07, 6.45) is 0.632. The fourth-order valence-corrected chi connectivity index (χ4v) is 1.76. The molecule has 0 fully saturated rings. The molecule has 0 aliphatic carbocycles. The van der Waals surface area contributed by atoms with Crippen LogP contribution in [0.4, 0.5) is 0 Å². The van der Waals surface area contributed by atoms with Crippen LogP contribution >= 0.6 is 34.8 Å². The van der Waals surface area contributed by atoms with Crippen molar-refractivity contribution in [2.24, 2.45) is 0 Å². The summed E-state index contributed by atoms with van der Waals surface area (Å²) in [4.78, 5) is 0. The zero-order valence-electron chi connectivity index (χ0n) is 8.62. The van der Waals surface area contributed by atoms with E-state index < -0.39 is 3.79 Å². The largest absolute Gasteiger partial charge is 0.324 e. The van der Waals surface area contributed by atoms with Crippen molar-refractivity contribution in [3.05, 3.63) is 0 Å². The molecule has 1 nitrogen and oxygen atoms in total. The number of rotatable bonds is 5. The number of quaternary nitrogens is 1. The molecular weight excluding hydrogens is 228 g/mol. The summed E-state index contributed by atoms with van der Waals surface area (Å²) in [5.74, 6) is 0. The van der Waals surface area contributed by atoms with Gasteiger partial charge >= 0.3 is 0 Å². The van der Waals surface area contributed by atoms with Crippen molar-refractivity contribution >= 4 is 34.8 Å². The van der Waals surface area contributed by atoms with Gasteiger partial charge in [-0.15, -0.1) is 0 Å². The van der Waals surface area contributed by atoms with E-state index in [0.717, 1.165) is 30.7 Å². The van der Waals surface area contributed by atoms with Crippen LogP contribution in [-0.2, 0) is 0 Å². The Balaban J connectivity index is 4.11. The molecule has 0 aliphatic rings. The molecule has 0 heterocycles. The van der Waals surface area contributed by atoms with E-state index in [4.69, 9.17) is 34.8 Å². The molecule has 0 aromatic heterocycles. The lowest BCUT2D eigenvalue weighted by molar-refractivity contribution is -0.923. The molecule has 0 spiro atoms. The topological polar surface area (TPSA) is 0 Å². The Labute approximate surface area is 96.5 Å². The average molecular weight is 248 g/mol. The van der Waals surface area contributed by atoms with Crippen molar-refractivity contribution in [3.8, 4) is 0 Å². The van der Waals surface area contributed by atoms with Crippen LogP contribution in [0.2, 0.25) is 0 Å². The molecule has 0 amide bonds. The molecule has 0 rings (SSSR count). The first-order valence-electron chi connectivity index (χ1n) is 4.81. The number of halogens is 3. The molecule has 13 heavy (non-hydrogen) atoms. The summed E-state index contributed by atoms with van der Waals surface area (Å²) in [5, 5.41) is 0. The molecule has 0 unspecified atom stereocenters. The molecule has 0 atom stereocenters. The second-order valence-electron chi connectivity index (χ2n) is 3.38. The SMILES string of the molecule is CC[N+](CC)(CC)CCC(Cl)(Cl)Cl. The average Bonchev–Trinajstić information content (AvgIpc) is 2.06. The highest BCUT2D eigenvalue weighted by atomic mass is 35.6. The summed E-state index contributed by atoms with van der Waals surface area (Å²) in [6, 6.07) is 0. The quantitative estimate of drug-likeness (QED) is 0.514. The van der Waals surface area contributed by atoms with E-state index in [0.29, 0.717) is 6.42 Å². The summed E-state index contributed by atoms with van der Waals surface area (Å²) < 4.78 is -0.0586. The van der Waals surface area contributed by atoms with Gasteiger partial charge in [-0.3, -0.25) is 0 Å². The Morgan fingerprint density at radius 1 is 0.923 bits per heavy atom. The van der Waals surface area contributed by atoms with Crippen molar-refractivity contribution in [2.45, 2.75) is 31.0 Å². The van der Waals surface area contributed by atoms with Crippen LogP contribution < -0.4 is 0 Å². The molecule has 0 aromatic rings. The summed E-state index contributed by atoms with van der Waals surface area (Å²) in [5.41, 5.74) is 0. The third-order valence-corrected chi connectivity index (χ3v) is 3.45. The van der Waals surface area contributed by atoms with Gasteiger partial charge in [0.1, 0.15) is 0 Å². The molecule has 0 saturated heterocycles. The molecule has 80 valence electrons. The van der Waals surface area contributed by atoms with E-state index in [2.05, 4.69) is 20.8 Å². The van der Waals surface area contributed by atoms with Gasteiger partial charge in [0, 0.05) is 6.42 Å². The Hall–Kier alpha value is 0.830. The second-order valence-corrected chi connectivity index (χ2v) is 5.90. The van der Waals surface area contributed by atoms with E-state index in [9.17, 15) is 0 Å². The van der Waals surface area contributed by atoms with Gasteiger partial charge in [0.25, 0.3) is 0 Å². The van der Waals surface area contributed by atoms with Crippen LogP contribution in [0.3, 0.4) is 0 Å². The lowest BCUT2D eigenvalue weighted by Gasteiger charge is -2.36. The van der Waals surface area contributed by atoms with Gasteiger partial charge in [0.15, 0.2) is 3.79 Å². The Bertz CT molecular complexity index is 130. The maximum atomic E-state index is 5.73. The van der Waals surface area contributed by atoms with Crippen molar-refractivity contribution in [3.63, 3.8) is 0 Å². The highest BCUT2D eigenvalue weighted by molar-refractivity contribution is 6.67. The van der Waals surface area contributed by atoms with Gasteiger partial charge in [-0.2, -0.15) is 0 Å². The van der Waals surface area contributed by atoms with E-state index in [1.165, 1.54) is 0 Å². The van der Waals surface area contributed by atoms with Gasteiger partial charge in [-0.05, 0) is 20.8 Å². The molecule has 0 bridgehead atoms. The number of hydrogen-bond donors (Lipinski definition) is 0. The van der Waals surface area contributed by atoms with Gasteiger partial charge in [-0.25, -0.2) is 0 Å². The maximum Gasteiger partial charge on any atom is 0.195 e. The number of nitrogens with zero attached hydrogens (tertiary/aromatic N) is 1. The molecular formula is C9H19Cl3N+. The van der Waals surface area contributed by atoms with Crippen LogP contribution in [0.1, 0.15) is 27.2 Å². The van der Waals surface area contributed by atoms with Gasteiger partial charge < -0.3 is 4.48 Å². The summed E-state index contributed by atoms with van der Waals surface area (Å²) in [7, 11) is 0. The molecule has 4 heteroatoms. The number of alkyl halides is 3. The van der Waals surface area contributed by atoms with E-state index >= 15 is 0 Å². The maximum absolute atomic E-state index is 5.73. The van der Waals surface area contributed by atoms with Gasteiger partial charge in [0.05, 0.1) is 26.2 Å². The van der Waals surface area contributed by atoms with E-state index in [1.807, 2.05) is 0 Å². The third-order valence-electron chi connectivity index (χ3n) is 2.88. The summed E-state index contributed by atoms with van der Waals surface area (Å²) >= 11 is 17.2. The minimum Gasteiger partial charge on any atom is -0.324 e. The highest BCUT2D eigenvalue weighted by Gasteiger charge is 2.27. The van der Waals surface area contributed by atoms with Crippen LogP contribution in [0.25, 0.3) is 0 Å². The lowest BCUT2D eigenvalue weighted by Crippen LogP contribution is -2.49. The van der Waals surface area contributed by atoms with Gasteiger partial charge in [0.2, 0.25) is 0 Å². The predicted molar refractivity (Wildman–Crippen MR) is 61.7 cm³/mol. The minimum absolute atomic E-state index is 0.632. The van der Waals surface area contributed by atoms with E-state index in [-0.39, 0.29) is 0 Å². The van der Waals surface area contributed by atoms with Crippen molar-refractivity contribution in [1.82, 2.24) is 0 Å². The van der Waals surface area contributed by atoms with Crippen molar-refractivity contribution in [2.75, 3.05) is 26.2 Å². The standard InChI is InChI=1S/C9H19Cl3N/c1-4-13(5-2,6-3)8-7-9(10,11)12/h4-8H2,1-3H3/q+1. The number of hydrogen-bond acceptors (Lipinski definition) is 0. The van der Waals surface area contributed by atoms with Gasteiger partial charge in [-0.1, -0.05) is 34.8 Å². The zero-order chi connectivity index (χ0) is 10.5. The summed E-state index contributed by atoms with van der Waals surface area (Å²) in [6.45, 7) is 10.8. The lowest BCUT2D eigenvalue weighted by atomic mass is 10.3. The van der Waals surface area contributed by atoms with Crippen molar-refractivity contribution < 1.29 is 4.48 Å². The first kappa shape index (κ1) is 13.8. The minimum atomic E-state index is -1.09. The molecule has 0 radical (unpaired) electrons. The molecule has 0 aliphatic heterocycles. The van der Waals surface area contributed by atoms with Crippen LogP contribution in [0, 0.1) is 0 Å². The smallest absolute Gasteiger partial charge is 0.195 e. The predicted octanol–water partition coefficient (Wildman–Crippen LogP) is 3.62. The van der Waals surface area contributed by atoms with Crippen LogP contribution in [0.15, 0.2) is 0 Å².